The van der Waals surface area contributed by atoms with Crippen LogP contribution in [-0.2, 0) is 0 Å². The van der Waals surface area contributed by atoms with E-state index in [9.17, 15) is 0 Å². The van der Waals surface area contributed by atoms with Crippen molar-refractivity contribution in [2.45, 2.75) is 31.7 Å². The molecule has 0 aromatic carbocycles. The highest BCUT2D eigenvalue weighted by atomic mass is 15.2. The fourth-order valence-corrected chi connectivity index (χ4v) is 2.97. The number of nitrogens with one attached hydrogen (secondary N) is 1. The lowest BCUT2D eigenvalue weighted by atomic mass is 10.0. The molecule has 1 heterocycles. The van der Waals surface area contributed by atoms with E-state index >= 15 is 0 Å². The first kappa shape index (κ1) is 10.4. The van der Waals surface area contributed by atoms with Crippen molar-refractivity contribution in [3.8, 4) is 0 Å². The second kappa shape index (κ2) is 5.10. The smallest absolute Gasteiger partial charge is 0.0136 e. The van der Waals surface area contributed by atoms with E-state index in [0.717, 1.165) is 25.0 Å². The molecular weight excluding hydrogens is 174 g/mol. The largest absolute Gasteiger partial charge is 0.330 e. The highest BCUT2D eigenvalue weighted by Gasteiger charge is 2.30. The molecule has 0 amide bonds. The Labute approximate surface area is 87.0 Å². The van der Waals surface area contributed by atoms with E-state index in [1.165, 1.54) is 45.3 Å². The minimum absolute atomic E-state index is 0.771. The molecule has 82 valence electrons. The summed E-state index contributed by atoms with van der Waals surface area (Å²) in [4.78, 5) is 2.67. The molecule has 2 unspecified atom stereocenters. The number of hydrogen-bond donors (Lipinski definition) is 2. The van der Waals surface area contributed by atoms with Gasteiger partial charge in [0.1, 0.15) is 0 Å². The van der Waals surface area contributed by atoms with Crippen LogP contribution >= 0.6 is 0 Å². The third-order valence-corrected chi connectivity index (χ3v) is 3.77. The lowest BCUT2D eigenvalue weighted by Crippen LogP contribution is -2.42. The molecule has 2 rings (SSSR count). The summed E-state index contributed by atoms with van der Waals surface area (Å²) in [6, 6.07) is 0.792. The molecule has 1 aliphatic heterocycles. The Bertz CT molecular complexity index is 164. The fourth-order valence-electron chi connectivity index (χ4n) is 2.97. The van der Waals surface area contributed by atoms with Crippen LogP contribution in [0.25, 0.3) is 0 Å². The van der Waals surface area contributed by atoms with Crippen LogP contribution in [0.2, 0.25) is 0 Å². The predicted molar refractivity (Wildman–Crippen MR) is 59.2 cm³/mol. The van der Waals surface area contributed by atoms with Gasteiger partial charge >= 0.3 is 0 Å². The molecule has 14 heavy (non-hydrogen) atoms. The van der Waals surface area contributed by atoms with Crippen molar-refractivity contribution < 1.29 is 0 Å². The Morgan fingerprint density at radius 1 is 1.14 bits per heavy atom. The third kappa shape index (κ3) is 2.27. The summed E-state index contributed by atoms with van der Waals surface area (Å²) >= 11 is 0. The summed E-state index contributed by atoms with van der Waals surface area (Å²) in [6.45, 7) is 5.73. The second-order valence-corrected chi connectivity index (χ2v) is 4.63. The quantitative estimate of drug-likeness (QED) is 0.674. The Balaban J connectivity index is 1.91. The molecule has 0 aromatic rings. The van der Waals surface area contributed by atoms with Crippen LogP contribution in [0.3, 0.4) is 0 Å². The highest BCUT2D eigenvalue weighted by Crippen LogP contribution is 2.29. The van der Waals surface area contributed by atoms with Gasteiger partial charge in [0.15, 0.2) is 0 Å². The molecule has 3 N–H and O–H groups in total. The van der Waals surface area contributed by atoms with Gasteiger partial charge in [0, 0.05) is 19.1 Å². The van der Waals surface area contributed by atoms with Gasteiger partial charge < -0.3 is 11.1 Å². The average Bonchev–Trinajstić information content (AvgIpc) is 2.52. The zero-order valence-corrected chi connectivity index (χ0v) is 9.04. The lowest BCUT2D eigenvalue weighted by Gasteiger charge is -2.31. The molecule has 2 aliphatic rings. The maximum absolute atomic E-state index is 5.83. The van der Waals surface area contributed by atoms with Crippen LogP contribution in [0.15, 0.2) is 0 Å². The van der Waals surface area contributed by atoms with E-state index in [0.29, 0.717) is 0 Å². The number of nitrogens with two attached hydrogens (primary N) is 1. The third-order valence-electron chi connectivity index (χ3n) is 3.77. The monoisotopic (exact) mass is 197 g/mol. The molecule has 3 nitrogen and oxygen atoms in total. The maximum atomic E-state index is 5.83. The van der Waals surface area contributed by atoms with Gasteiger partial charge in [-0.05, 0) is 44.8 Å². The number of nitrogens with zero attached hydrogens (tertiary/aromatic N) is 1. The Kier molecular flexibility index (Phi) is 3.79. The van der Waals surface area contributed by atoms with Crippen molar-refractivity contribution in [3.05, 3.63) is 0 Å². The topological polar surface area (TPSA) is 41.3 Å². The molecule has 0 aromatic heterocycles. The molecule has 0 bridgehead atoms. The number of rotatable bonds is 2. The van der Waals surface area contributed by atoms with E-state index in [2.05, 4.69) is 10.2 Å². The molecule has 1 saturated heterocycles. The SMILES string of the molecule is NCC1CCCC1N1CCCNCC1. The van der Waals surface area contributed by atoms with Crippen molar-refractivity contribution in [2.24, 2.45) is 11.7 Å². The van der Waals surface area contributed by atoms with E-state index in [4.69, 9.17) is 5.73 Å². The molecule has 0 radical (unpaired) electrons. The molecule has 3 heteroatoms. The van der Waals surface area contributed by atoms with Crippen LogP contribution in [0, 0.1) is 5.92 Å². The lowest BCUT2D eigenvalue weighted by molar-refractivity contribution is 0.172. The summed E-state index contributed by atoms with van der Waals surface area (Å²) < 4.78 is 0. The second-order valence-electron chi connectivity index (χ2n) is 4.63. The van der Waals surface area contributed by atoms with Crippen LogP contribution in [0.4, 0.5) is 0 Å². The Morgan fingerprint density at radius 3 is 2.93 bits per heavy atom. The highest BCUT2D eigenvalue weighted by molar-refractivity contribution is 4.87. The summed E-state index contributed by atoms with van der Waals surface area (Å²) in [5.41, 5.74) is 5.83. The van der Waals surface area contributed by atoms with Crippen molar-refractivity contribution >= 4 is 0 Å². The van der Waals surface area contributed by atoms with Crippen molar-refractivity contribution in [3.63, 3.8) is 0 Å². The average molecular weight is 197 g/mol. The van der Waals surface area contributed by atoms with Gasteiger partial charge in [-0.1, -0.05) is 6.42 Å². The molecule has 0 spiro atoms. The fraction of sp³-hybridized carbons (Fsp3) is 1.00. The molecular formula is C11H23N3. The minimum Gasteiger partial charge on any atom is -0.330 e. The van der Waals surface area contributed by atoms with Gasteiger partial charge in [-0.25, -0.2) is 0 Å². The van der Waals surface area contributed by atoms with Crippen LogP contribution in [0.5, 0.6) is 0 Å². The standard InChI is InChI=1S/C11H23N3/c12-9-10-3-1-4-11(10)14-7-2-5-13-6-8-14/h10-11,13H,1-9,12H2. The van der Waals surface area contributed by atoms with Gasteiger partial charge in [-0.15, -0.1) is 0 Å². The van der Waals surface area contributed by atoms with Gasteiger partial charge in [0.25, 0.3) is 0 Å². The normalized spacial score (nSPS) is 35.8. The molecule has 1 saturated carbocycles. The van der Waals surface area contributed by atoms with Gasteiger partial charge in [-0.2, -0.15) is 0 Å². The molecule has 2 atom stereocenters. The van der Waals surface area contributed by atoms with Crippen LogP contribution in [-0.4, -0.2) is 43.7 Å². The number of hydrogen-bond acceptors (Lipinski definition) is 3. The predicted octanol–water partition coefficient (Wildman–Crippen LogP) is 0.409. The Hall–Kier alpha value is -0.120. The van der Waals surface area contributed by atoms with Crippen LogP contribution in [0.1, 0.15) is 25.7 Å². The van der Waals surface area contributed by atoms with E-state index in [-0.39, 0.29) is 0 Å². The summed E-state index contributed by atoms with van der Waals surface area (Å²) in [7, 11) is 0. The summed E-state index contributed by atoms with van der Waals surface area (Å²) in [5, 5.41) is 3.46. The van der Waals surface area contributed by atoms with Gasteiger partial charge in [0.2, 0.25) is 0 Å². The van der Waals surface area contributed by atoms with E-state index in [1.54, 1.807) is 0 Å². The first-order valence-electron chi connectivity index (χ1n) is 6.06. The maximum Gasteiger partial charge on any atom is 0.0136 e. The first-order chi connectivity index (χ1) is 6.92. The zero-order valence-electron chi connectivity index (χ0n) is 9.04. The van der Waals surface area contributed by atoms with E-state index in [1.807, 2.05) is 0 Å². The summed E-state index contributed by atoms with van der Waals surface area (Å²) in [5.74, 6) is 0.771. The first-order valence-corrected chi connectivity index (χ1v) is 6.06. The van der Waals surface area contributed by atoms with Gasteiger partial charge in [0.05, 0.1) is 0 Å². The summed E-state index contributed by atoms with van der Waals surface area (Å²) in [6.07, 6.45) is 5.41. The molecule has 2 fully saturated rings. The Morgan fingerprint density at radius 2 is 2.07 bits per heavy atom. The van der Waals surface area contributed by atoms with Crippen molar-refractivity contribution in [2.75, 3.05) is 32.7 Å². The van der Waals surface area contributed by atoms with Crippen molar-refractivity contribution in [1.29, 1.82) is 0 Å². The molecule has 1 aliphatic carbocycles. The van der Waals surface area contributed by atoms with Gasteiger partial charge in [-0.3, -0.25) is 4.90 Å². The van der Waals surface area contributed by atoms with E-state index < -0.39 is 0 Å². The zero-order chi connectivity index (χ0) is 9.80. The van der Waals surface area contributed by atoms with Crippen LogP contribution < -0.4 is 11.1 Å². The van der Waals surface area contributed by atoms with Crippen molar-refractivity contribution in [1.82, 2.24) is 10.2 Å². The minimum atomic E-state index is 0.771.